The summed E-state index contributed by atoms with van der Waals surface area (Å²) in [6, 6.07) is 12.2. The van der Waals surface area contributed by atoms with E-state index in [2.05, 4.69) is 20.7 Å². The monoisotopic (exact) mass is 570 g/mol. The Morgan fingerprint density at radius 3 is 2.60 bits per heavy atom. The molecule has 3 heterocycles. The molecule has 2 atom stereocenters. The summed E-state index contributed by atoms with van der Waals surface area (Å²) < 4.78 is 39.8. The molecule has 40 heavy (non-hydrogen) atoms. The van der Waals surface area contributed by atoms with Gasteiger partial charge in [-0.1, -0.05) is 41.0 Å². The van der Waals surface area contributed by atoms with Crippen LogP contribution in [0.2, 0.25) is 5.02 Å². The van der Waals surface area contributed by atoms with Crippen molar-refractivity contribution >= 4 is 23.4 Å². The fourth-order valence-electron chi connectivity index (χ4n) is 5.07. The Morgan fingerprint density at radius 1 is 1.15 bits per heavy atom. The average molecular weight is 571 g/mol. The van der Waals surface area contributed by atoms with E-state index in [1.165, 1.54) is 6.07 Å². The molecule has 0 aliphatic carbocycles. The minimum absolute atomic E-state index is 0.221. The largest absolute Gasteiger partial charge is 0.383 e. The van der Waals surface area contributed by atoms with Crippen molar-refractivity contribution in [1.82, 2.24) is 25.2 Å². The zero-order valence-corrected chi connectivity index (χ0v) is 23.0. The van der Waals surface area contributed by atoms with E-state index < -0.39 is 23.7 Å². The van der Waals surface area contributed by atoms with Gasteiger partial charge in [0.25, 0.3) is 0 Å². The molecular formula is C28H29ClF2N6O3. The number of likely N-dealkylation sites (tertiary alicyclic amines) is 1. The predicted octanol–water partition coefficient (Wildman–Crippen LogP) is 5.31. The number of aryl methyl sites for hydroxylation is 2. The molecule has 0 radical (unpaired) electrons. The molecule has 1 aliphatic heterocycles. The summed E-state index contributed by atoms with van der Waals surface area (Å²) in [6.45, 7) is 5.72. The third-order valence-electron chi connectivity index (χ3n) is 7.03. The number of anilines is 1. The van der Waals surface area contributed by atoms with E-state index in [-0.39, 0.29) is 16.8 Å². The van der Waals surface area contributed by atoms with Crippen LogP contribution in [0, 0.1) is 25.5 Å². The molecule has 9 nitrogen and oxygen atoms in total. The Bertz CT molecular complexity index is 1490. The molecular weight excluding hydrogens is 542 g/mol. The Balaban J connectivity index is 1.44. The maximum absolute atomic E-state index is 14.1. The maximum Gasteiger partial charge on any atom is 0.320 e. The number of halogens is 3. The number of hydrogen-bond acceptors (Lipinski definition) is 6. The van der Waals surface area contributed by atoms with Gasteiger partial charge >= 0.3 is 6.03 Å². The Kier molecular flexibility index (Phi) is 8.15. The zero-order chi connectivity index (χ0) is 28.4. The number of carbonyl (C=O) groups excluding carboxylic acids is 1. The molecule has 4 aromatic rings. The number of carbonyl (C=O) groups is 1. The van der Waals surface area contributed by atoms with Crippen LogP contribution in [-0.4, -0.2) is 65.3 Å². The number of ether oxygens (including phenoxy) is 1. The Morgan fingerprint density at radius 2 is 1.93 bits per heavy atom. The highest BCUT2D eigenvalue weighted by Crippen LogP contribution is 2.38. The van der Waals surface area contributed by atoms with Crippen molar-refractivity contribution in [3.05, 3.63) is 82.2 Å². The fourth-order valence-corrected chi connectivity index (χ4v) is 5.33. The molecule has 2 aromatic heterocycles. The number of methoxy groups -OCH3 is 1. The second-order valence-electron chi connectivity index (χ2n) is 9.70. The van der Waals surface area contributed by atoms with E-state index in [4.69, 9.17) is 26.0 Å². The maximum atomic E-state index is 14.1. The lowest BCUT2D eigenvalue weighted by atomic mass is 9.94. The summed E-state index contributed by atoms with van der Waals surface area (Å²) in [6.07, 6.45) is 0. The molecule has 2 N–H and O–H groups in total. The van der Waals surface area contributed by atoms with Gasteiger partial charge in [0.15, 0.2) is 17.5 Å². The van der Waals surface area contributed by atoms with E-state index in [0.29, 0.717) is 60.2 Å². The molecule has 2 amide bonds. The first kappa shape index (κ1) is 27.8. The number of amides is 2. The minimum atomic E-state index is -0.929. The highest BCUT2D eigenvalue weighted by Gasteiger charge is 2.35. The van der Waals surface area contributed by atoms with Crippen LogP contribution in [0.3, 0.4) is 0 Å². The topological polar surface area (TPSA) is 97.5 Å². The molecule has 1 aliphatic rings. The molecule has 0 spiro atoms. The average Bonchev–Trinajstić information content (AvgIpc) is 3.60. The second-order valence-corrected chi connectivity index (χ2v) is 10.1. The van der Waals surface area contributed by atoms with E-state index in [1.807, 2.05) is 30.3 Å². The number of para-hydroxylation sites is 1. The van der Waals surface area contributed by atoms with Crippen molar-refractivity contribution in [2.24, 2.45) is 0 Å². The van der Waals surface area contributed by atoms with Crippen molar-refractivity contribution in [2.45, 2.75) is 25.8 Å². The number of hydrogen-bond donors (Lipinski definition) is 2. The zero-order valence-electron chi connectivity index (χ0n) is 22.2. The van der Waals surface area contributed by atoms with Crippen molar-refractivity contribution in [2.75, 3.05) is 38.7 Å². The molecule has 0 saturated carbocycles. The Labute approximate surface area is 235 Å². The molecule has 210 valence electrons. The number of nitrogens with zero attached hydrogens (tertiary/aromatic N) is 4. The van der Waals surface area contributed by atoms with Gasteiger partial charge in [0.2, 0.25) is 0 Å². The minimum Gasteiger partial charge on any atom is -0.383 e. The van der Waals surface area contributed by atoms with Crippen LogP contribution in [0.1, 0.15) is 22.9 Å². The van der Waals surface area contributed by atoms with Crippen molar-refractivity contribution in [3.63, 3.8) is 0 Å². The SMILES string of the molecule is COCCN1CC(NC(=O)Nc2c(Cl)c(-c3c(C)noc3C)nn2-c2ccccc2)C(c2ccc(F)c(F)c2)C1. The fraction of sp³-hybridized carbons (Fsp3) is 0.321. The van der Waals surface area contributed by atoms with Crippen LogP contribution in [-0.2, 0) is 4.74 Å². The van der Waals surface area contributed by atoms with E-state index in [1.54, 1.807) is 31.7 Å². The van der Waals surface area contributed by atoms with Crippen molar-refractivity contribution in [3.8, 4) is 16.9 Å². The molecule has 2 aromatic carbocycles. The van der Waals surface area contributed by atoms with E-state index in [0.717, 1.165) is 6.07 Å². The van der Waals surface area contributed by atoms with Gasteiger partial charge in [-0.15, -0.1) is 0 Å². The van der Waals surface area contributed by atoms with Crippen molar-refractivity contribution < 1.29 is 22.8 Å². The van der Waals surface area contributed by atoms with Crippen LogP contribution in [0.15, 0.2) is 53.1 Å². The third kappa shape index (κ3) is 5.58. The second kappa shape index (κ2) is 11.7. The molecule has 5 rings (SSSR count). The quantitative estimate of drug-likeness (QED) is 0.298. The highest BCUT2D eigenvalue weighted by atomic mass is 35.5. The number of urea groups is 1. The van der Waals surface area contributed by atoms with Gasteiger partial charge in [-0.25, -0.2) is 18.3 Å². The summed E-state index contributed by atoms with van der Waals surface area (Å²) in [5.41, 5.74) is 2.96. The van der Waals surface area contributed by atoms with Crippen LogP contribution in [0.4, 0.5) is 19.4 Å². The molecule has 2 unspecified atom stereocenters. The highest BCUT2D eigenvalue weighted by molar-refractivity contribution is 6.36. The van der Waals surface area contributed by atoms with Crippen molar-refractivity contribution in [1.29, 1.82) is 0 Å². The van der Waals surface area contributed by atoms with Gasteiger partial charge < -0.3 is 14.6 Å². The first-order valence-electron chi connectivity index (χ1n) is 12.8. The lowest BCUT2D eigenvalue weighted by molar-refractivity contribution is 0.159. The number of nitrogens with one attached hydrogen (secondary N) is 2. The lowest BCUT2D eigenvalue weighted by Crippen LogP contribution is -2.42. The smallest absolute Gasteiger partial charge is 0.320 e. The first-order valence-corrected chi connectivity index (χ1v) is 13.2. The van der Waals surface area contributed by atoms with Gasteiger partial charge in [-0.3, -0.25) is 10.2 Å². The van der Waals surface area contributed by atoms with Crippen LogP contribution >= 0.6 is 11.6 Å². The van der Waals surface area contributed by atoms with Crippen LogP contribution in [0.25, 0.3) is 16.9 Å². The molecule has 1 saturated heterocycles. The van der Waals surface area contributed by atoms with E-state index >= 15 is 0 Å². The number of rotatable bonds is 8. The third-order valence-corrected chi connectivity index (χ3v) is 7.38. The van der Waals surface area contributed by atoms with Crippen LogP contribution < -0.4 is 10.6 Å². The summed E-state index contributed by atoms with van der Waals surface area (Å²) in [5.74, 6) is -1.31. The predicted molar refractivity (Wildman–Crippen MR) is 147 cm³/mol. The summed E-state index contributed by atoms with van der Waals surface area (Å²) in [7, 11) is 1.61. The lowest BCUT2D eigenvalue weighted by Gasteiger charge is -2.21. The van der Waals surface area contributed by atoms with Gasteiger partial charge in [-0.2, -0.15) is 5.10 Å². The summed E-state index contributed by atoms with van der Waals surface area (Å²) >= 11 is 6.82. The van der Waals surface area contributed by atoms with Gasteiger partial charge in [0.1, 0.15) is 16.5 Å². The summed E-state index contributed by atoms with van der Waals surface area (Å²) in [5, 5.41) is 14.8. The number of aromatic nitrogens is 3. The van der Waals surface area contributed by atoms with Gasteiger partial charge in [0, 0.05) is 32.7 Å². The van der Waals surface area contributed by atoms with Crippen LogP contribution in [0.5, 0.6) is 0 Å². The van der Waals surface area contributed by atoms with E-state index in [9.17, 15) is 13.6 Å². The Hall–Kier alpha value is -3.80. The summed E-state index contributed by atoms with van der Waals surface area (Å²) in [4.78, 5) is 15.5. The normalized spacial score (nSPS) is 17.4. The standard InChI is InChI=1S/C28H29ClF2N6O3/c1-16-24(17(2)40-35-16)26-25(29)27(37(34-26)19-7-5-4-6-8-19)33-28(38)32-23-15-36(11-12-39-3)14-20(23)18-9-10-21(30)22(31)13-18/h4-10,13,20,23H,11-12,14-15H2,1-3H3,(H2,32,33,38). The first-order chi connectivity index (χ1) is 19.3. The number of benzene rings is 2. The molecule has 0 bridgehead atoms. The molecule has 12 heteroatoms. The molecule has 1 fully saturated rings. The van der Waals surface area contributed by atoms with Gasteiger partial charge in [-0.05, 0) is 43.7 Å². The van der Waals surface area contributed by atoms with Gasteiger partial charge in [0.05, 0.1) is 29.6 Å².